The molecule has 2 aliphatic heterocycles. The number of benzene rings is 1. The number of fused-ring (bicyclic) bond motifs is 1. The summed E-state index contributed by atoms with van der Waals surface area (Å²) in [6, 6.07) is 7.23. The third kappa shape index (κ3) is 2.56. The van der Waals surface area contributed by atoms with Crippen LogP contribution in [-0.4, -0.2) is 51.4 Å². The van der Waals surface area contributed by atoms with Gasteiger partial charge in [-0.25, -0.2) is 0 Å². The average molecular weight is 294 g/mol. The van der Waals surface area contributed by atoms with E-state index >= 15 is 0 Å². The Hall–Kier alpha value is -1.44. The smallest absolute Gasteiger partial charge is 0.286 e. The van der Waals surface area contributed by atoms with Crippen molar-refractivity contribution in [3.63, 3.8) is 0 Å². The molecule has 2 aliphatic rings. The molecule has 0 radical (unpaired) electrons. The molecular weight excluding hydrogens is 276 g/mol. The van der Waals surface area contributed by atoms with Crippen LogP contribution in [-0.2, 0) is 10.0 Å². The predicted octanol–water partition coefficient (Wildman–Crippen LogP) is 0.493. The molecule has 2 heterocycles. The molecule has 2 N–H and O–H groups in total. The number of nitrogens with zero attached hydrogens (tertiary/aromatic N) is 2. The molecule has 7 heteroatoms. The van der Waals surface area contributed by atoms with Gasteiger partial charge in [-0.2, -0.15) is 8.42 Å². The molecule has 0 aliphatic carbocycles. The number of rotatable bonds is 2. The van der Waals surface area contributed by atoms with Gasteiger partial charge in [0.1, 0.15) is 10.7 Å². The van der Waals surface area contributed by atoms with Crippen molar-refractivity contribution in [3.05, 3.63) is 24.3 Å². The lowest BCUT2D eigenvalue weighted by Gasteiger charge is -2.34. The molecule has 3 rings (SSSR count). The van der Waals surface area contributed by atoms with Gasteiger partial charge in [0.2, 0.25) is 0 Å². The quantitative estimate of drug-likeness (QED) is 0.830. The second-order valence-electron chi connectivity index (χ2n) is 5.16. The van der Waals surface area contributed by atoms with E-state index in [9.17, 15) is 8.42 Å². The summed E-state index contributed by atoms with van der Waals surface area (Å²) in [5, 5.41) is 6.44. The van der Waals surface area contributed by atoms with Crippen molar-refractivity contribution in [3.8, 4) is 0 Å². The van der Waals surface area contributed by atoms with Crippen molar-refractivity contribution in [2.75, 3.05) is 31.5 Å². The molecule has 0 bridgehead atoms. The first kappa shape index (κ1) is 13.5. The largest absolute Gasteiger partial charge is 0.341 e. The maximum absolute atomic E-state index is 12.1. The van der Waals surface area contributed by atoms with E-state index < -0.39 is 10.0 Å². The monoisotopic (exact) mass is 294 g/mol. The zero-order valence-electron chi connectivity index (χ0n) is 11.3. The second kappa shape index (κ2) is 5.16. The Kier molecular flexibility index (Phi) is 3.49. The van der Waals surface area contributed by atoms with Crippen LogP contribution in [0.15, 0.2) is 33.6 Å². The SMILES string of the molecule is C[C@@H]1CNCCN1CC1=NS(=O)(=O)c2ccccc2N1. The minimum absolute atomic E-state index is 0.247. The summed E-state index contributed by atoms with van der Waals surface area (Å²) in [4.78, 5) is 2.48. The Labute approximate surface area is 118 Å². The number of para-hydroxylation sites is 1. The van der Waals surface area contributed by atoms with Crippen LogP contribution < -0.4 is 10.6 Å². The third-order valence-corrected chi connectivity index (χ3v) is 5.04. The first-order valence-corrected chi connectivity index (χ1v) is 8.15. The van der Waals surface area contributed by atoms with Gasteiger partial charge in [-0.15, -0.1) is 4.40 Å². The molecule has 0 amide bonds. The van der Waals surface area contributed by atoms with Crippen LogP contribution in [0.5, 0.6) is 0 Å². The third-order valence-electron chi connectivity index (χ3n) is 3.67. The Morgan fingerprint density at radius 3 is 3.00 bits per heavy atom. The van der Waals surface area contributed by atoms with Crippen LogP contribution in [0.3, 0.4) is 0 Å². The van der Waals surface area contributed by atoms with Gasteiger partial charge in [-0.1, -0.05) is 12.1 Å². The Bertz CT molecular complexity index is 642. The van der Waals surface area contributed by atoms with Gasteiger partial charge in [0.25, 0.3) is 10.0 Å². The number of piperazine rings is 1. The predicted molar refractivity (Wildman–Crippen MR) is 78.6 cm³/mol. The number of sulfonamides is 1. The lowest BCUT2D eigenvalue weighted by atomic mass is 10.2. The van der Waals surface area contributed by atoms with E-state index in [4.69, 9.17) is 0 Å². The first-order valence-electron chi connectivity index (χ1n) is 6.71. The van der Waals surface area contributed by atoms with Crippen molar-refractivity contribution < 1.29 is 8.42 Å². The summed E-state index contributed by atoms with van der Waals surface area (Å²) in [6.07, 6.45) is 0. The molecule has 1 aromatic rings. The standard InChI is InChI=1S/C13H18N4O2S/c1-10-8-14-6-7-17(10)9-13-15-11-4-2-3-5-12(11)20(18,19)16-13/h2-5,10,14H,6-9H2,1H3,(H,15,16)/t10-/m1/s1. The van der Waals surface area contributed by atoms with E-state index in [0.29, 0.717) is 24.1 Å². The maximum Gasteiger partial charge on any atom is 0.286 e. The fraction of sp³-hybridized carbons (Fsp3) is 0.462. The van der Waals surface area contributed by atoms with E-state index in [1.165, 1.54) is 0 Å². The summed E-state index contributed by atoms with van der Waals surface area (Å²) in [5.74, 6) is 0.498. The van der Waals surface area contributed by atoms with Crippen molar-refractivity contribution >= 4 is 21.5 Å². The van der Waals surface area contributed by atoms with Gasteiger partial charge >= 0.3 is 0 Å². The normalized spacial score (nSPS) is 25.4. The molecule has 1 atom stereocenters. The highest BCUT2D eigenvalue weighted by Crippen LogP contribution is 2.26. The summed E-state index contributed by atoms with van der Waals surface area (Å²) >= 11 is 0. The highest BCUT2D eigenvalue weighted by Gasteiger charge is 2.27. The van der Waals surface area contributed by atoms with Gasteiger partial charge in [0, 0.05) is 25.7 Å². The molecule has 6 nitrogen and oxygen atoms in total. The molecule has 0 unspecified atom stereocenters. The van der Waals surface area contributed by atoms with Gasteiger partial charge < -0.3 is 10.6 Å². The molecule has 0 saturated carbocycles. The van der Waals surface area contributed by atoms with Crippen LogP contribution >= 0.6 is 0 Å². The van der Waals surface area contributed by atoms with Crippen LogP contribution in [0.1, 0.15) is 6.92 Å². The number of hydrogen-bond acceptors (Lipinski definition) is 5. The molecule has 0 spiro atoms. The van der Waals surface area contributed by atoms with Gasteiger partial charge in [0.05, 0.1) is 12.2 Å². The van der Waals surface area contributed by atoms with Crippen LogP contribution in [0.2, 0.25) is 0 Å². The highest BCUT2D eigenvalue weighted by atomic mass is 32.2. The molecular formula is C13H18N4O2S. The number of amidine groups is 1. The number of nitrogens with one attached hydrogen (secondary N) is 2. The minimum atomic E-state index is -3.58. The second-order valence-corrected chi connectivity index (χ2v) is 6.73. The molecule has 0 aromatic heterocycles. The van der Waals surface area contributed by atoms with E-state index in [1.807, 2.05) is 6.07 Å². The van der Waals surface area contributed by atoms with Crippen molar-refractivity contribution in [1.29, 1.82) is 0 Å². The summed E-state index contributed by atoms with van der Waals surface area (Å²) in [5.41, 5.74) is 0.611. The Morgan fingerprint density at radius 2 is 2.20 bits per heavy atom. The lowest BCUT2D eigenvalue weighted by molar-refractivity contribution is 0.198. The van der Waals surface area contributed by atoms with E-state index in [0.717, 1.165) is 19.6 Å². The average Bonchev–Trinajstić information content (AvgIpc) is 2.41. The minimum Gasteiger partial charge on any atom is -0.341 e. The van der Waals surface area contributed by atoms with Crippen molar-refractivity contribution in [2.45, 2.75) is 17.9 Å². The molecule has 20 heavy (non-hydrogen) atoms. The maximum atomic E-state index is 12.1. The highest BCUT2D eigenvalue weighted by molar-refractivity contribution is 7.90. The Morgan fingerprint density at radius 1 is 1.40 bits per heavy atom. The summed E-state index contributed by atoms with van der Waals surface area (Å²) in [6.45, 7) is 5.37. The molecule has 1 fully saturated rings. The van der Waals surface area contributed by atoms with Crippen molar-refractivity contribution in [1.82, 2.24) is 10.2 Å². The van der Waals surface area contributed by atoms with Crippen LogP contribution in [0.25, 0.3) is 0 Å². The van der Waals surface area contributed by atoms with E-state index in [-0.39, 0.29) is 4.90 Å². The fourth-order valence-corrected chi connectivity index (χ4v) is 3.69. The topological polar surface area (TPSA) is 73.8 Å². The fourth-order valence-electron chi connectivity index (χ4n) is 2.55. The van der Waals surface area contributed by atoms with Crippen LogP contribution in [0.4, 0.5) is 5.69 Å². The molecule has 108 valence electrons. The summed E-state index contributed by atoms with van der Waals surface area (Å²) < 4.78 is 28.2. The van der Waals surface area contributed by atoms with Crippen molar-refractivity contribution in [2.24, 2.45) is 4.40 Å². The van der Waals surface area contributed by atoms with Gasteiger partial charge in [-0.05, 0) is 19.1 Å². The van der Waals surface area contributed by atoms with E-state index in [1.54, 1.807) is 18.2 Å². The Balaban J connectivity index is 1.84. The number of hydrogen-bond donors (Lipinski definition) is 2. The zero-order chi connectivity index (χ0) is 14.2. The van der Waals surface area contributed by atoms with Gasteiger partial charge in [0.15, 0.2) is 0 Å². The van der Waals surface area contributed by atoms with Crippen LogP contribution in [0, 0.1) is 0 Å². The lowest BCUT2D eigenvalue weighted by Crippen LogP contribution is -2.52. The molecule has 1 saturated heterocycles. The number of anilines is 1. The first-order chi connectivity index (χ1) is 9.56. The zero-order valence-corrected chi connectivity index (χ0v) is 12.2. The molecule has 1 aromatic carbocycles. The van der Waals surface area contributed by atoms with Gasteiger partial charge in [-0.3, -0.25) is 4.90 Å². The summed E-state index contributed by atoms with van der Waals surface area (Å²) in [7, 11) is -3.58. The van der Waals surface area contributed by atoms with E-state index in [2.05, 4.69) is 26.9 Å².